The predicted octanol–water partition coefficient (Wildman–Crippen LogP) is 3.46. The van der Waals surface area contributed by atoms with Crippen LogP contribution in [0, 0.1) is 13.8 Å². The molecule has 5 rings (SSSR count). The van der Waals surface area contributed by atoms with Gasteiger partial charge in [-0.25, -0.2) is 9.97 Å². The summed E-state index contributed by atoms with van der Waals surface area (Å²) in [7, 11) is 2.24. The lowest BCUT2D eigenvalue weighted by molar-refractivity contribution is 0.115. The van der Waals surface area contributed by atoms with Gasteiger partial charge in [-0.2, -0.15) is 0 Å². The molecule has 4 heterocycles. The van der Waals surface area contributed by atoms with Gasteiger partial charge >= 0.3 is 0 Å². The molecule has 0 unspecified atom stereocenters. The van der Waals surface area contributed by atoms with Crippen molar-refractivity contribution >= 4 is 16.9 Å². The van der Waals surface area contributed by atoms with Crippen molar-refractivity contribution in [2.45, 2.75) is 32.7 Å². The average Bonchev–Trinajstić information content (AvgIpc) is 3.22. The Hall–Kier alpha value is -2.44. The minimum Gasteiger partial charge on any atom is -0.369 e. The number of piperidine rings is 1. The van der Waals surface area contributed by atoms with Crippen molar-refractivity contribution in [2.24, 2.45) is 0 Å². The van der Waals surface area contributed by atoms with E-state index in [9.17, 15) is 0 Å². The minimum absolute atomic E-state index is 0.773. The zero-order chi connectivity index (χ0) is 20.7. The van der Waals surface area contributed by atoms with E-state index in [1.165, 1.54) is 55.8 Å². The van der Waals surface area contributed by atoms with Gasteiger partial charge in [0.2, 0.25) is 0 Å². The van der Waals surface area contributed by atoms with Gasteiger partial charge in [0.25, 0.3) is 0 Å². The van der Waals surface area contributed by atoms with Crippen LogP contribution in [0.1, 0.15) is 24.0 Å². The van der Waals surface area contributed by atoms with Gasteiger partial charge in [-0.15, -0.1) is 0 Å². The normalized spacial score (nSPS) is 19.6. The standard InChI is InChI=1S/C24H32N6/c1-17-14-19(22-16-26-24-21(27-22)4-7-25-24)15-18(2)23(17)30-12-10-29(11-13-30)20-5-8-28(3)9-6-20/h4,7,14-16,20H,5-6,8-13H2,1-3H3,(H,25,26). The van der Waals surface area contributed by atoms with Gasteiger partial charge in [-0.3, -0.25) is 4.90 Å². The zero-order valence-corrected chi connectivity index (χ0v) is 18.4. The molecule has 0 spiro atoms. The monoisotopic (exact) mass is 404 g/mol. The highest BCUT2D eigenvalue weighted by Gasteiger charge is 2.27. The molecule has 158 valence electrons. The lowest BCUT2D eigenvalue weighted by Gasteiger charge is -2.43. The molecule has 30 heavy (non-hydrogen) atoms. The fourth-order valence-corrected chi connectivity index (χ4v) is 5.24. The number of hydrogen-bond donors (Lipinski definition) is 1. The fourth-order valence-electron chi connectivity index (χ4n) is 5.24. The van der Waals surface area contributed by atoms with Gasteiger partial charge in [0, 0.05) is 49.7 Å². The van der Waals surface area contributed by atoms with Gasteiger partial charge in [0.1, 0.15) is 5.52 Å². The van der Waals surface area contributed by atoms with Crippen LogP contribution in [0.3, 0.4) is 0 Å². The molecule has 2 aliphatic rings. The number of fused-ring (bicyclic) bond motifs is 1. The van der Waals surface area contributed by atoms with Crippen LogP contribution >= 0.6 is 0 Å². The minimum atomic E-state index is 0.773. The van der Waals surface area contributed by atoms with Gasteiger partial charge in [0.05, 0.1) is 11.9 Å². The first-order valence-corrected chi connectivity index (χ1v) is 11.2. The van der Waals surface area contributed by atoms with Crippen molar-refractivity contribution in [3.8, 4) is 11.3 Å². The summed E-state index contributed by atoms with van der Waals surface area (Å²) in [6.07, 6.45) is 6.39. The van der Waals surface area contributed by atoms with E-state index in [0.717, 1.165) is 41.6 Å². The molecule has 0 aliphatic carbocycles. The largest absolute Gasteiger partial charge is 0.369 e. The van der Waals surface area contributed by atoms with Crippen LogP contribution in [-0.2, 0) is 0 Å². The first-order valence-electron chi connectivity index (χ1n) is 11.2. The first-order chi connectivity index (χ1) is 14.6. The number of nitrogens with one attached hydrogen (secondary N) is 1. The second kappa shape index (κ2) is 8.00. The smallest absolute Gasteiger partial charge is 0.156 e. The fraction of sp³-hybridized carbons (Fsp3) is 0.500. The van der Waals surface area contributed by atoms with Crippen molar-refractivity contribution in [3.63, 3.8) is 0 Å². The molecular weight excluding hydrogens is 372 g/mol. The molecule has 3 aromatic rings. The van der Waals surface area contributed by atoms with Gasteiger partial charge in [-0.1, -0.05) is 0 Å². The predicted molar refractivity (Wildman–Crippen MR) is 123 cm³/mol. The SMILES string of the molecule is Cc1cc(-c2cnc3[nH]ccc3n2)cc(C)c1N1CCN(C2CCN(C)CC2)CC1. The highest BCUT2D eigenvalue weighted by atomic mass is 15.3. The Kier molecular flexibility index (Phi) is 5.21. The average molecular weight is 405 g/mol. The maximum atomic E-state index is 4.78. The number of benzene rings is 1. The highest BCUT2D eigenvalue weighted by Crippen LogP contribution is 2.32. The molecule has 6 heteroatoms. The lowest BCUT2D eigenvalue weighted by atomic mass is 10.00. The molecular formula is C24H32N6. The molecule has 2 saturated heterocycles. The number of hydrogen-bond acceptors (Lipinski definition) is 5. The summed E-state index contributed by atoms with van der Waals surface area (Å²) in [4.78, 5) is 20.2. The van der Waals surface area contributed by atoms with Crippen LogP contribution in [0.2, 0.25) is 0 Å². The molecule has 2 fully saturated rings. The van der Waals surface area contributed by atoms with Crippen LogP contribution in [-0.4, -0.2) is 77.1 Å². The Morgan fingerprint density at radius 2 is 1.67 bits per heavy atom. The molecule has 1 aromatic carbocycles. The molecule has 1 N–H and O–H groups in total. The van der Waals surface area contributed by atoms with E-state index in [1.54, 1.807) is 0 Å². The van der Waals surface area contributed by atoms with E-state index in [-0.39, 0.29) is 0 Å². The van der Waals surface area contributed by atoms with Crippen LogP contribution in [0.5, 0.6) is 0 Å². The van der Waals surface area contributed by atoms with E-state index >= 15 is 0 Å². The summed E-state index contributed by atoms with van der Waals surface area (Å²) in [5.41, 5.74) is 7.89. The van der Waals surface area contributed by atoms with Crippen molar-refractivity contribution < 1.29 is 0 Å². The zero-order valence-electron chi connectivity index (χ0n) is 18.4. The number of anilines is 1. The van der Waals surface area contributed by atoms with Crippen molar-refractivity contribution in [2.75, 3.05) is 51.2 Å². The molecule has 0 radical (unpaired) electrons. The Balaban J connectivity index is 1.32. The van der Waals surface area contributed by atoms with E-state index in [2.05, 4.69) is 57.7 Å². The third kappa shape index (κ3) is 3.70. The number of aromatic nitrogens is 3. The molecule has 6 nitrogen and oxygen atoms in total. The number of piperazine rings is 1. The molecule has 2 aromatic heterocycles. The molecule has 0 amide bonds. The van der Waals surface area contributed by atoms with Crippen LogP contribution in [0.25, 0.3) is 22.4 Å². The third-order valence-electron chi connectivity index (χ3n) is 6.88. The number of rotatable bonds is 3. The number of likely N-dealkylation sites (tertiary alicyclic amines) is 1. The summed E-state index contributed by atoms with van der Waals surface area (Å²) in [6.45, 7) is 11.5. The van der Waals surface area contributed by atoms with Crippen LogP contribution in [0.15, 0.2) is 30.6 Å². The summed E-state index contributed by atoms with van der Waals surface area (Å²) in [5.74, 6) is 0. The van der Waals surface area contributed by atoms with Crippen molar-refractivity contribution in [3.05, 3.63) is 41.7 Å². The highest BCUT2D eigenvalue weighted by molar-refractivity contribution is 5.76. The summed E-state index contributed by atoms with van der Waals surface area (Å²) >= 11 is 0. The molecule has 0 saturated carbocycles. The summed E-state index contributed by atoms with van der Waals surface area (Å²) in [5, 5.41) is 0. The number of nitrogens with zero attached hydrogens (tertiary/aromatic N) is 5. The van der Waals surface area contributed by atoms with Crippen LogP contribution < -0.4 is 4.90 Å². The second-order valence-electron chi connectivity index (χ2n) is 8.98. The van der Waals surface area contributed by atoms with Crippen molar-refractivity contribution in [1.82, 2.24) is 24.8 Å². The summed E-state index contributed by atoms with van der Waals surface area (Å²) in [6, 6.07) is 7.29. The molecule has 2 aliphatic heterocycles. The van der Waals surface area contributed by atoms with Gasteiger partial charge < -0.3 is 14.8 Å². The number of H-pyrrole nitrogens is 1. The Morgan fingerprint density at radius 3 is 2.37 bits per heavy atom. The molecule has 0 atom stereocenters. The van der Waals surface area contributed by atoms with E-state index in [4.69, 9.17) is 4.98 Å². The Morgan fingerprint density at radius 1 is 0.967 bits per heavy atom. The first kappa shape index (κ1) is 19.5. The van der Waals surface area contributed by atoms with Crippen LogP contribution in [0.4, 0.5) is 5.69 Å². The van der Waals surface area contributed by atoms with Gasteiger partial charge in [0.15, 0.2) is 5.65 Å². The Bertz CT molecular complexity index is 1000. The summed E-state index contributed by atoms with van der Waals surface area (Å²) < 4.78 is 0. The van der Waals surface area contributed by atoms with E-state index in [1.807, 2.05) is 18.5 Å². The third-order valence-corrected chi connectivity index (χ3v) is 6.88. The maximum Gasteiger partial charge on any atom is 0.156 e. The number of aryl methyl sites for hydroxylation is 2. The topological polar surface area (TPSA) is 51.3 Å². The van der Waals surface area contributed by atoms with E-state index < -0.39 is 0 Å². The quantitative estimate of drug-likeness (QED) is 0.725. The van der Waals surface area contributed by atoms with Crippen molar-refractivity contribution in [1.29, 1.82) is 0 Å². The number of aromatic amines is 1. The second-order valence-corrected chi connectivity index (χ2v) is 8.98. The van der Waals surface area contributed by atoms with E-state index in [0.29, 0.717) is 0 Å². The maximum absolute atomic E-state index is 4.78. The Labute approximate surface area is 178 Å². The van der Waals surface area contributed by atoms with Gasteiger partial charge in [-0.05, 0) is 76.2 Å². The molecule has 0 bridgehead atoms. The lowest BCUT2D eigenvalue weighted by Crippen LogP contribution is -2.53.